The molecule has 0 unspecified atom stereocenters. The van der Waals surface area contributed by atoms with Crippen LogP contribution in [0.1, 0.15) is 16.7 Å². The zero-order valence-corrected chi connectivity index (χ0v) is 21.1. The largest absolute Gasteiger partial charge is 0.493 e. The summed E-state index contributed by atoms with van der Waals surface area (Å²) in [6.07, 6.45) is 1.36. The fourth-order valence-electron chi connectivity index (χ4n) is 3.45. The Morgan fingerprint density at radius 1 is 1.03 bits per heavy atom. The van der Waals surface area contributed by atoms with Crippen LogP contribution in [-0.2, 0) is 16.2 Å². The zero-order chi connectivity index (χ0) is 25.1. The summed E-state index contributed by atoms with van der Waals surface area (Å²) in [7, 11) is 1.46. The van der Waals surface area contributed by atoms with Gasteiger partial charge in [-0.3, -0.25) is 14.9 Å². The Bertz CT molecular complexity index is 1340. The van der Waals surface area contributed by atoms with Gasteiger partial charge in [0.2, 0.25) is 0 Å². The van der Waals surface area contributed by atoms with Crippen LogP contribution in [0, 0.1) is 6.92 Å². The minimum atomic E-state index is -0.812. The summed E-state index contributed by atoms with van der Waals surface area (Å²) in [4.78, 5) is 38.9. The van der Waals surface area contributed by atoms with Gasteiger partial charge in [0, 0.05) is 4.47 Å². The number of amides is 4. The van der Waals surface area contributed by atoms with Gasteiger partial charge in [0.25, 0.3) is 11.8 Å². The summed E-state index contributed by atoms with van der Waals surface area (Å²) >= 11 is 9.86. The molecule has 4 amide bonds. The molecule has 0 saturated carbocycles. The molecule has 178 valence electrons. The van der Waals surface area contributed by atoms with E-state index >= 15 is 0 Å². The average molecular weight is 556 g/mol. The molecular formula is C26H20BrClN2O5. The number of nitrogens with zero attached hydrogens (tertiary/aromatic N) is 1. The van der Waals surface area contributed by atoms with Crippen LogP contribution in [0.25, 0.3) is 6.08 Å². The number of nitrogens with one attached hydrogen (secondary N) is 1. The second-order valence-corrected chi connectivity index (χ2v) is 9.07. The maximum Gasteiger partial charge on any atom is 0.335 e. The third kappa shape index (κ3) is 5.39. The van der Waals surface area contributed by atoms with E-state index < -0.39 is 17.8 Å². The quantitative estimate of drug-likeness (QED) is 0.313. The van der Waals surface area contributed by atoms with E-state index in [1.807, 2.05) is 31.2 Å². The number of aryl methyl sites for hydroxylation is 1. The van der Waals surface area contributed by atoms with Crippen molar-refractivity contribution in [3.63, 3.8) is 0 Å². The summed E-state index contributed by atoms with van der Waals surface area (Å²) in [5.41, 5.74) is 2.47. The minimum absolute atomic E-state index is 0.216. The summed E-state index contributed by atoms with van der Waals surface area (Å²) in [6, 6.07) is 16.8. The molecule has 1 N–H and O–H groups in total. The highest BCUT2D eigenvalue weighted by Crippen LogP contribution is 2.38. The van der Waals surface area contributed by atoms with E-state index in [-0.39, 0.29) is 17.2 Å². The Morgan fingerprint density at radius 3 is 2.37 bits per heavy atom. The van der Waals surface area contributed by atoms with Crippen LogP contribution < -0.4 is 19.7 Å². The van der Waals surface area contributed by atoms with Gasteiger partial charge in [-0.25, -0.2) is 9.69 Å². The van der Waals surface area contributed by atoms with Crippen molar-refractivity contribution in [3.8, 4) is 11.5 Å². The molecule has 3 aromatic rings. The van der Waals surface area contributed by atoms with Crippen LogP contribution in [-0.4, -0.2) is 25.0 Å². The standard InChI is InChI=1S/C26H20BrClN2O5/c1-15-3-9-19(10-4-15)30-25(32)20(24(31)29-26(30)33)11-17-12-21(28)23(22(13-17)34-2)35-14-16-5-7-18(27)8-6-16/h3-13H,14H2,1-2H3,(H,29,31,33)/b20-11+. The molecule has 0 atom stereocenters. The highest BCUT2D eigenvalue weighted by molar-refractivity contribution is 9.10. The van der Waals surface area contributed by atoms with E-state index in [0.29, 0.717) is 22.7 Å². The Morgan fingerprint density at radius 2 is 1.71 bits per heavy atom. The van der Waals surface area contributed by atoms with Gasteiger partial charge < -0.3 is 9.47 Å². The summed E-state index contributed by atoms with van der Waals surface area (Å²) in [5.74, 6) is -0.881. The van der Waals surface area contributed by atoms with Crippen LogP contribution in [0.5, 0.6) is 11.5 Å². The number of urea groups is 1. The van der Waals surface area contributed by atoms with Gasteiger partial charge in [-0.2, -0.15) is 0 Å². The van der Waals surface area contributed by atoms with E-state index in [9.17, 15) is 14.4 Å². The Hall–Kier alpha value is -3.62. The van der Waals surface area contributed by atoms with Crippen molar-refractivity contribution < 1.29 is 23.9 Å². The van der Waals surface area contributed by atoms with Gasteiger partial charge in [0.05, 0.1) is 17.8 Å². The van der Waals surface area contributed by atoms with E-state index in [0.717, 1.165) is 20.5 Å². The normalized spacial score (nSPS) is 14.8. The summed E-state index contributed by atoms with van der Waals surface area (Å²) < 4.78 is 12.3. The Kier molecular flexibility index (Phi) is 7.23. The minimum Gasteiger partial charge on any atom is -0.493 e. The lowest BCUT2D eigenvalue weighted by molar-refractivity contribution is -0.122. The second kappa shape index (κ2) is 10.3. The summed E-state index contributed by atoms with van der Waals surface area (Å²) in [5, 5.41) is 2.45. The molecule has 1 heterocycles. The number of hydrogen-bond acceptors (Lipinski definition) is 5. The van der Waals surface area contributed by atoms with E-state index in [1.165, 1.54) is 13.2 Å². The van der Waals surface area contributed by atoms with Crippen molar-refractivity contribution in [1.29, 1.82) is 0 Å². The molecule has 1 saturated heterocycles. The highest BCUT2D eigenvalue weighted by Gasteiger charge is 2.36. The molecule has 35 heavy (non-hydrogen) atoms. The zero-order valence-electron chi connectivity index (χ0n) is 18.8. The molecule has 1 aliphatic rings. The number of carbonyl (C=O) groups is 3. The average Bonchev–Trinajstić information content (AvgIpc) is 2.83. The Labute approximate surface area is 215 Å². The van der Waals surface area contributed by atoms with Crippen molar-refractivity contribution in [1.82, 2.24) is 5.32 Å². The fraction of sp³-hybridized carbons (Fsp3) is 0.115. The number of ether oxygens (including phenoxy) is 2. The lowest BCUT2D eigenvalue weighted by Gasteiger charge is -2.26. The number of hydrogen-bond donors (Lipinski definition) is 1. The van der Waals surface area contributed by atoms with Gasteiger partial charge in [0.15, 0.2) is 11.5 Å². The van der Waals surface area contributed by atoms with Gasteiger partial charge in [-0.15, -0.1) is 0 Å². The van der Waals surface area contributed by atoms with Crippen molar-refractivity contribution in [2.45, 2.75) is 13.5 Å². The predicted molar refractivity (Wildman–Crippen MR) is 137 cm³/mol. The first kappa shape index (κ1) is 24.5. The number of halogens is 2. The smallest absolute Gasteiger partial charge is 0.335 e. The molecule has 1 fully saturated rings. The summed E-state index contributed by atoms with van der Waals surface area (Å²) in [6.45, 7) is 2.15. The molecule has 0 aromatic heterocycles. The van der Waals surface area contributed by atoms with E-state index in [2.05, 4.69) is 21.2 Å². The van der Waals surface area contributed by atoms with E-state index in [1.54, 1.807) is 36.4 Å². The monoisotopic (exact) mass is 554 g/mol. The third-order valence-corrected chi connectivity index (χ3v) is 6.06. The number of anilines is 1. The Balaban J connectivity index is 1.63. The number of carbonyl (C=O) groups excluding carboxylic acids is 3. The fourth-order valence-corrected chi connectivity index (χ4v) is 3.99. The van der Waals surface area contributed by atoms with Crippen molar-refractivity contribution in [3.05, 3.63) is 92.4 Å². The van der Waals surface area contributed by atoms with E-state index in [4.69, 9.17) is 21.1 Å². The lowest BCUT2D eigenvalue weighted by Crippen LogP contribution is -2.54. The molecule has 7 nitrogen and oxygen atoms in total. The lowest BCUT2D eigenvalue weighted by atomic mass is 10.1. The van der Waals surface area contributed by atoms with Gasteiger partial charge in [-0.1, -0.05) is 57.4 Å². The number of imide groups is 2. The van der Waals surface area contributed by atoms with Crippen molar-refractivity contribution >= 4 is 57.1 Å². The van der Waals surface area contributed by atoms with Crippen LogP contribution in [0.3, 0.4) is 0 Å². The molecule has 0 spiro atoms. The SMILES string of the molecule is COc1cc(/C=C2\C(=O)NC(=O)N(c3ccc(C)cc3)C2=O)cc(Cl)c1OCc1ccc(Br)cc1. The molecule has 1 aliphatic heterocycles. The van der Waals surface area contributed by atoms with Gasteiger partial charge >= 0.3 is 6.03 Å². The maximum atomic E-state index is 13.1. The predicted octanol–water partition coefficient (Wildman–Crippen LogP) is 5.66. The molecule has 0 aliphatic carbocycles. The molecule has 0 bridgehead atoms. The first-order chi connectivity index (χ1) is 16.8. The van der Waals surface area contributed by atoms with Crippen LogP contribution in [0.15, 0.2) is 70.7 Å². The van der Waals surface area contributed by atoms with Gasteiger partial charge in [0.1, 0.15) is 12.2 Å². The topological polar surface area (TPSA) is 84.9 Å². The molecule has 0 radical (unpaired) electrons. The number of methoxy groups -OCH3 is 1. The molecular weight excluding hydrogens is 536 g/mol. The van der Waals surface area contributed by atoms with Crippen LogP contribution in [0.4, 0.5) is 10.5 Å². The highest BCUT2D eigenvalue weighted by atomic mass is 79.9. The van der Waals surface area contributed by atoms with Gasteiger partial charge in [-0.05, 0) is 60.5 Å². The van der Waals surface area contributed by atoms with Crippen LogP contribution >= 0.6 is 27.5 Å². The third-order valence-electron chi connectivity index (χ3n) is 5.25. The number of barbiturate groups is 1. The van der Waals surface area contributed by atoms with Crippen molar-refractivity contribution in [2.24, 2.45) is 0 Å². The molecule has 9 heteroatoms. The van der Waals surface area contributed by atoms with Crippen molar-refractivity contribution in [2.75, 3.05) is 12.0 Å². The second-order valence-electron chi connectivity index (χ2n) is 7.74. The molecule has 3 aromatic carbocycles. The van der Waals surface area contributed by atoms with Crippen LogP contribution in [0.2, 0.25) is 5.02 Å². The number of benzene rings is 3. The first-order valence-corrected chi connectivity index (χ1v) is 11.7. The number of rotatable bonds is 6. The molecule has 4 rings (SSSR count). The first-order valence-electron chi connectivity index (χ1n) is 10.5. The maximum absolute atomic E-state index is 13.1.